The summed E-state index contributed by atoms with van der Waals surface area (Å²) in [7, 11) is 0. The number of thiazole rings is 1. The van der Waals surface area contributed by atoms with Crippen molar-refractivity contribution in [3.8, 4) is 0 Å². The van der Waals surface area contributed by atoms with Gasteiger partial charge in [0.15, 0.2) is 0 Å². The molecule has 7 heteroatoms. The first-order valence-electron chi connectivity index (χ1n) is 9.78. The maximum atomic E-state index is 12.8. The van der Waals surface area contributed by atoms with Crippen LogP contribution >= 0.6 is 11.3 Å². The maximum absolute atomic E-state index is 12.8. The Bertz CT molecular complexity index is 795. The van der Waals surface area contributed by atoms with Gasteiger partial charge in [0.1, 0.15) is 5.01 Å². The zero-order chi connectivity index (χ0) is 18.8. The number of fused-ring (bicyclic) bond motifs is 1. The molecule has 144 valence electrons. The molecule has 1 aromatic heterocycles. The summed E-state index contributed by atoms with van der Waals surface area (Å²) in [4.78, 5) is 33.2. The quantitative estimate of drug-likeness (QED) is 0.876. The number of hydrogen-bond acceptors (Lipinski definition) is 5. The number of piperidine rings is 2. The Labute approximate surface area is 163 Å². The van der Waals surface area contributed by atoms with Crippen LogP contribution in [0.1, 0.15) is 43.2 Å². The number of aromatic nitrogens is 1. The number of rotatable bonds is 4. The van der Waals surface area contributed by atoms with Crippen LogP contribution < -0.4 is 5.73 Å². The van der Waals surface area contributed by atoms with Crippen molar-refractivity contribution in [2.75, 3.05) is 26.2 Å². The first kappa shape index (κ1) is 18.4. The lowest BCUT2D eigenvalue weighted by Gasteiger charge is -2.37. The second-order valence-electron chi connectivity index (χ2n) is 7.56. The Morgan fingerprint density at radius 2 is 1.89 bits per heavy atom. The van der Waals surface area contributed by atoms with Crippen LogP contribution in [0.5, 0.6) is 0 Å². The molecule has 0 bridgehead atoms. The minimum Gasteiger partial charge on any atom is -0.369 e. The number of primary amides is 1. The Balaban J connectivity index is 1.43. The van der Waals surface area contributed by atoms with E-state index < -0.39 is 0 Å². The second kappa shape index (κ2) is 7.94. The number of hydrogen-bond donors (Lipinski definition) is 1. The fraction of sp³-hybridized carbons (Fsp3) is 0.550. The van der Waals surface area contributed by atoms with Crippen molar-refractivity contribution in [1.82, 2.24) is 14.8 Å². The summed E-state index contributed by atoms with van der Waals surface area (Å²) in [5, 5.41) is 1.12. The van der Waals surface area contributed by atoms with Crippen LogP contribution in [-0.4, -0.2) is 52.8 Å². The molecule has 0 saturated carbocycles. The van der Waals surface area contributed by atoms with Crippen LogP contribution in [0.25, 0.3) is 10.2 Å². The fourth-order valence-corrected chi connectivity index (χ4v) is 5.32. The third kappa shape index (κ3) is 3.99. The maximum Gasteiger partial charge on any atom is 0.236 e. The number of nitrogens with zero attached hydrogens (tertiary/aromatic N) is 3. The third-order valence-electron chi connectivity index (χ3n) is 5.80. The molecule has 1 unspecified atom stereocenters. The van der Waals surface area contributed by atoms with E-state index in [1.165, 1.54) is 11.1 Å². The SMILES string of the molecule is NC(=O)C1CCN(C(=O)CN2CCCCC2c2nc3ccccc3s2)CC1. The molecule has 3 heterocycles. The molecule has 2 N–H and O–H groups in total. The van der Waals surface area contributed by atoms with Crippen molar-refractivity contribution in [2.45, 2.75) is 38.1 Å². The van der Waals surface area contributed by atoms with Crippen LogP contribution in [0.3, 0.4) is 0 Å². The van der Waals surface area contributed by atoms with Gasteiger partial charge in [-0.25, -0.2) is 4.98 Å². The van der Waals surface area contributed by atoms with Crippen LogP contribution in [0.2, 0.25) is 0 Å². The summed E-state index contributed by atoms with van der Waals surface area (Å²) in [6.07, 6.45) is 4.72. The Hall–Kier alpha value is -1.99. The zero-order valence-electron chi connectivity index (χ0n) is 15.5. The molecule has 2 fully saturated rings. The second-order valence-corrected chi connectivity index (χ2v) is 8.62. The van der Waals surface area contributed by atoms with Gasteiger partial charge in [0.2, 0.25) is 11.8 Å². The van der Waals surface area contributed by atoms with Crippen molar-refractivity contribution in [3.63, 3.8) is 0 Å². The number of likely N-dealkylation sites (tertiary alicyclic amines) is 2. The van der Waals surface area contributed by atoms with E-state index in [4.69, 9.17) is 10.7 Å². The number of carbonyl (C=O) groups is 2. The standard InChI is InChI=1S/C20H26N4O2S/c21-19(26)14-8-11-23(12-9-14)18(25)13-24-10-4-3-6-16(24)20-22-15-5-1-2-7-17(15)27-20/h1-2,5,7,14,16H,3-4,6,8-13H2,(H2,21,26). The van der Waals surface area contributed by atoms with Crippen molar-refractivity contribution in [3.05, 3.63) is 29.3 Å². The summed E-state index contributed by atoms with van der Waals surface area (Å²) in [6, 6.07) is 8.45. The van der Waals surface area contributed by atoms with Crippen molar-refractivity contribution in [1.29, 1.82) is 0 Å². The van der Waals surface area contributed by atoms with E-state index in [9.17, 15) is 9.59 Å². The van der Waals surface area contributed by atoms with Gasteiger partial charge in [-0.2, -0.15) is 0 Å². The molecule has 2 aliphatic heterocycles. The molecule has 2 aromatic rings. The molecule has 1 atom stereocenters. The van der Waals surface area contributed by atoms with Gasteiger partial charge < -0.3 is 10.6 Å². The number of nitrogens with two attached hydrogens (primary N) is 1. The molecule has 0 spiro atoms. The summed E-state index contributed by atoms with van der Waals surface area (Å²) < 4.78 is 1.21. The van der Waals surface area contributed by atoms with Gasteiger partial charge in [-0.15, -0.1) is 11.3 Å². The smallest absolute Gasteiger partial charge is 0.236 e. The van der Waals surface area contributed by atoms with Gasteiger partial charge in [-0.05, 0) is 44.4 Å². The van der Waals surface area contributed by atoms with Gasteiger partial charge >= 0.3 is 0 Å². The highest BCUT2D eigenvalue weighted by molar-refractivity contribution is 7.18. The van der Waals surface area contributed by atoms with Crippen LogP contribution in [0.4, 0.5) is 0 Å². The molecule has 4 rings (SSSR count). The molecule has 27 heavy (non-hydrogen) atoms. The van der Waals surface area contributed by atoms with E-state index in [0.29, 0.717) is 32.5 Å². The van der Waals surface area contributed by atoms with E-state index >= 15 is 0 Å². The van der Waals surface area contributed by atoms with E-state index in [-0.39, 0.29) is 23.8 Å². The highest BCUT2D eigenvalue weighted by Crippen LogP contribution is 2.35. The number of carbonyl (C=O) groups excluding carboxylic acids is 2. The summed E-state index contributed by atoms with van der Waals surface area (Å²) in [5.41, 5.74) is 6.44. The molecule has 0 radical (unpaired) electrons. The lowest BCUT2D eigenvalue weighted by atomic mass is 9.96. The van der Waals surface area contributed by atoms with Gasteiger partial charge in [0.05, 0.1) is 22.8 Å². The molecule has 2 aliphatic rings. The van der Waals surface area contributed by atoms with Crippen molar-refractivity contribution in [2.24, 2.45) is 11.7 Å². The number of benzene rings is 1. The van der Waals surface area contributed by atoms with Crippen LogP contribution in [0, 0.1) is 5.92 Å². The van der Waals surface area contributed by atoms with Crippen molar-refractivity contribution >= 4 is 33.4 Å². The monoisotopic (exact) mass is 386 g/mol. The average molecular weight is 387 g/mol. The Kier molecular flexibility index (Phi) is 5.41. The highest BCUT2D eigenvalue weighted by Gasteiger charge is 2.31. The summed E-state index contributed by atoms with van der Waals surface area (Å²) in [6.45, 7) is 2.63. The molecule has 6 nitrogen and oxygen atoms in total. The molecule has 2 amide bonds. The molecule has 0 aliphatic carbocycles. The number of amides is 2. The fourth-order valence-electron chi connectivity index (χ4n) is 4.18. The minimum absolute atomic E-state index is 0.0838. The first-order chi connectivity index (χ1) is 13.1. The van der Waals surface area contributed by atoms with Gasteiger partial charge in [0, 0.05) is 19.0 Å². The lowest BCUT2D eigenvalue weighted by molar-refractivity contribution is -0.136. The minimum atomic E-state index is -0.242. The van der Waals surface area contributed by atoms with Crippen molar-refractivity contribution < 1.29 is 9.59 Å². The lowest BCUT2D eigenvalue weighted by Crippen LogP contribution is -2.47. The average Bonchev–Trinajstić information content (AvgIpc) is 3.12. The Morgan fingerprint density at radius 1 is 1.11 bits per heavy atom. The van der Waals surface area contributed by atoms with E-state index in [2.05, 4.69) is 17.0 Å². The third-order valence-corrected chi connectivity index (χ3v) is 6.94. The topological polar surface area (TPSA) is 79.5 Å². The van der Waals surface area contributed by atoms with E-state index in [0.717, 1.165) is 29.9 Å². The molecular weight excluding hydrogens is 360 g/mol. The summed E-state index contributed by atoms with van der Waals surface area (Å²) in [5.74, 6) is -0.167. The van der Waals surface area contributed by atoms with E-state index in [1.54, 1.807) is 11.3 Å². The normalized spacial score (nSPS) is 22.2. The predicted octanol–water partition coefficient (Wildman–Crippen LogP) is 2.55. The van der Waals surface area contributed by atoms with Gasteiger partial charge in [-0.3, -0.25) is 14.5 Å². The van der Waals surface area contributed by atoms with Crippen LogP contribution in [0.15, 0.2) is 24.3 Å². The molecule has 2 saturated heterocycles. The summed E-state index contributed by atoms with van der Waals surface area (Å²) >= 11 is 1.74. The first-order valence-corrected chi connectivity index (χ1v) is 10.6. The van der Waals surface area contributed by atoms with Gasteiger partial charge in [-0.1, -0.05) is 18.6 Å². The molecular formula is C20H26N4O2S. The zero-order valence-corrected chi connectivity index (χ0v) is 16.3. The highest BCUT2D eigenvalue weighted by atomic mass is 32.1. The largest absolute Gasteiger partial charge is 0.369 e. The van der Waals surface area contributed by atoms with Crippen LogP contribution in [-0.2, 0) is 9.59 Å². The van der Waals surface area contributed by atoms with Gasteiger partial charge in [0.25, 0.3) is 0 Å². The Morgan fingerprint density at radius 3 is 2.63 bits per heavy atom. The number of para-hydroxylation sites is 1. The predicted molar refractivity (Wildman–Crippen MR) is 106 cm³/mol. The molecule has 1 aromatic carbocycles. The van der Waals surface area contributed by atoms with E-state index in [1.807, 2.05) is 17.0 Å².